The van der Waals surface area contributed by atoms with Crippen LogP contribution in [0.1, 0.15) is 5.56 Å². The van der Waals surface area contributed by atoms with Crippen molar-refractivity contribution in [1.29, 1.82) is 0 Å². The molecule has 0 atom stereocenters. The molecule has 2 aromatic carbocycles. The van der Waals surface area contributed by atoms with E-state index in [4.69, 9.17) is 22.1 Å². The predicted octanol–water partition coefficient (Wildman–Crippen LogP) is 3.87. The summed E-state index contributed by atoms with van der Waals surface area (Å²) in [5.74, 6) is -1.16. The number of nitrogens with two attached hydrogens (primary N) is 1. The molecule has 0 aliphatic carbocycles. The molecule has 0 bridgehead atoms. The number of halogens is 3. The third-order valence-electron chi connectivity index (χ3n) is 2.39. The Morgan fingerprint density at radius 3 is 2.56 bits per heavy atom. The van der Waals surface area contributed by atoms with Crippen LogP contribution in [0.5, 0.6) is 11.5 Å². The Morgan fingerprint density at radius 1 is 1.11 bits per heavy atom. The standard InChI is InChI=1S/C13H10ClF2NO/c14-10-2-1-3-12(9(10)7-17)18-13-5-4-8(15)6-11(13)16/h1-6H,7,17H2. The zero-order chi connectivity index (χ0) is 13.1. The van der Waals surface area contributed by atoms with Gasteiger partial charge in [-0.25, -0.2) is 8.78 Å². The van der Waals surface area contributed by atoms with E-state index in [0.717, 1.165) is 12.1 Å². The Labute approximate surface area is 108 Å². The topological polar surface area (TPSA) is 35.2 Å². The molecule has 0 aliphatic heterocycles. The first kappa shape index (κ1) is 12.8. The third-order valence-corrected chi connectivity index (χ3v) is 2.75. The summed E-state index contributed by atoms with van der Waals surface area (Å²) in [5, 5.41) is 0.442. The largest absolute Gasteiger partial charge is 0.454 e. The van der Waals surface area contributed by atoms with Gasteiger partial charge in [0.25, 0.3) is 0 Å². The number of benzene rings is 2. The SMILES string of the molecule is NCc1c(Cl)cccc1Oc1ccc(F)cc1F. The second-order valence-electron chi connectivity index (χ2n) is 3.60. The molecule has 94 valence electrons. The maximum Gasteiger partial charge on any atom is 0.168 e. The lowest BCUT2D eigenvalue weighted by molar-refractivity contribution is 0.433. The van der Waals surface area contributed by atoms with Gasteiger partial charge in [-0.05, 0) is 24.3 Å². The first-order valence-electron chi connectivity index (χ1n) is 5.22. The third kappa shape index (κ3) is 2.60. The summed E-state index contributed by atoms with van der Waals surface area (Å²) < 4.78 is 31.6. The van der Waals surface area contributed by atoms with Gasteiger partial charge in [-0.1, -0.05) is 17.7 Å². The molecular weight excluding hydrogens is 260 g/mol. The molecule has 2 aromatic rings. The van der Waals surface area contributed by atoms with Crippen molar-refractivity contribution in [2.24, 2.45) is 5.73 Å². The van der Waals surface area contributed by atoms with E-state index in [0.29, 0.717) is 16.3 Å². The van der Waals surface area contributed by atoms with Crippen LogP contribution in [0.15, 0.2) is 36.4 Å². The van der Waals surface area contributed by atoms with Gasteiger partial charge in [-0.3, -0.25) is 0 Å². The van der Waals surface area contributed by atoms with E-state index < -0.39 is 11.6 Å². The van der Waals surface area contributed by atoms with E-state index in [1.54, 1.807) is 18.2 Å². The zero-order valence-corrected chi connectivity index (χ0v) is 10.0. The van der Waals surface area contributed by atoms with Crippen LogP contribution in [0.2, 0.25) is 5.02 Å². The summed E-state index contributed by atoms with van der Waals surface area (Å²) in [4.78, 5) is 0. The van der Waals surface area contributed by atoms with Gasteiger partial charge >= 0.3 is 0 Å². The fourth-order valence-electron chi connectivity index (χ4n) is 1.51. The molecule has 2 nitrogen and oxygen atoms in total. The molecule has 0 fully saturated rings. The van der Waals surface area contributed by atoms with Crippen molar-refractivity contribution in [3.63, 3.8) is 0 Å². The monoisotopic (exact) mass is 269 g/mol. The quantitative estimate of drug-likeness (QED) is 0.918. The number of hydrogen-bond acceptors (Lipinski definition) is 2. The van der Waals surface area contributed by atoms with Crippen LogP contribution in [0.3, 0.4) is 0 Å². The van der Waals surface area contributed by atoms with E-state index in [-0.39, 0.29) is 12.3 Å². The van der Waals surface area contributed by atoms with Crippen LogP contribution in [-0.4, -0.2) is 0 Å². The average molecular weight is 270 g/mol. The maximum absolute atomic E-state index is 13.4. The lowest BCUT2D eigenvalue weighted by Crippen LogP contribution is -2.01. The van der Waals surface area contributed by atoms with Crippen molar-refractivity contribution in [2.75, 3.05) is 0 Å². The molecule has 18 heavy (non-hydrogen) atoms. The zero-order valence-electron chi connectivity index (χ0n) is 9.29. The molecule has 0 spiro atoms. The first-order chi connectivity index (χ1) is 8.61. The minimum absolute atomic E-state index is 0.0756. The Bertz CT molecular complexity index is 575. The van der Waals surface area contributed by atoms with E-state index in [1.165, 1.54) is 6.07 Å². The Morgan fingerprint density at radius 2 is 1.89 bits per heavy atom. The first-order valence-corrected chi connectivity index (χ1v) is 5.60. The molecule has 0 heterocycles. The second-order valence-corrected chi connectivity index (χ2v) is 4.00. The van der Waals surface area contributed by atoms with E-state index in [1.807, 2.05) is 0 Å². The van der Waals surface area contributed by atoms with Gasteiger partial charge in [0.15, 0.2) is 11.6 Å². The molecule has 0 unspecified atom stereocenters. The van der Waals surface area contributed by atoms with Gasteiger partial charge in [0, 0.05) is 23.2 Å². The minimum Gasteiger partial charge on any atom is -0.454 e. The van der Waals surface area contributed by atoms with Crippen LogP contribution in [0, 0.1) is 11.6 Å². The van der Waals surface area contributed by atoms with Crippen LogP contribution in [0.4, 0.5) is 8.78 Å². The summed E-state index contributed by atoms with van der Waals surface area (Å²) >= 11 is 5.95. The highest BCUT2D eigenvalue weighted by Crippen LogP contribution is 2.31. The molecule has 0 saturated carbocycles. The van der Waals surface area contributed by atoms with Gasteiger partial charge in [0.2, 0.25) is 0 Å². The maximum atomic E-state index is 13.4. The normalized spacial score (nSPS) is 10.4. The van der Waals surface area contributed by atoms with Crippen LogP contribution in [-0.2, 0) is 6.54 Å². The summed E-state index contributed by atoms with van der Waals surface area (Å²) in [7, 11) is 0. The Kier molecular flexibility index (Phi) is 3.79. The van der Waals surface area contributed by atoms with Crippen molar-refractivity contribution >= 4 is 11.6 Å². The van der Waals surface area contributed by atoms with Gasteiger partial charge in [0.05, 0.1) is 0 Å². The number of hydrogen-bond donors (Lipinski definition) is 1. The molecule has 0 radical (unpaired) electrons. The van der Waals surface area contributed by atoms with Crippen LogP contribution < -0.4 is 10.5 Å². The molecular formula is C13H10ClF2NO. The van der Waals surface area contributed by atoms with Gasteiger partial charge in [-0.15, -0.1) is 0 Å². The molecule has 5 heteroatoms. The Hall–Kier alpha value is -1.65. The van der Waals surface area contributed by atoms with E-state index >= 15 is 0 Å². The summed E-state index contributed by atoms with van der Waals surface area (Å²) in [6.07, 6.45) is 0. The lowest BCUT2D eigenvalue weighted by atomic mass is 10.2. The van der Waals surface area contributed by atoms with Gasteiger partial charge in [0.1, 0.15) is 11.6 Å². The summed E-state index contributed by atoms with van der Waals surface area (Å²) in [6, 6.07) is 8.03. The summed E-state index contributed by atoms with van der Waals surface area (Å²) in [6.45, 7) is 0.165. The minimum atomic E-state index is -0.780. The highest BCUT2D eigenvalue weighted by Gasteiger charge is 2.10. The summed E-state index contributed by atoms with van der Waals surface area (Å²) in [5.41, 5.74) is 6.12. The number of rotatable bonds is 3. The van der Waals surface area contributed by atoms with Crippen molar-refractivity contribution in [2.45, 2.75) is 6.54 Å². The molecule has 2 rings (SSSR count). The predicted molar refractivity (Wildman–Crippen MR) is 65.8 cm³/mol. The van der Waals surface area contributed by atoms with Crippen molar-refractivity contribution in [3.05, 3.63) is 58.6 Å². The fraction of sp³-hybridized carbons (Fsp3) is 0.0769. The molecule has 0 aliphatic rings. The van der Waals surface area contributed by atoms with Crippen molar-refractivity contribution in [1.82, 2.24) is 0 Å². The van der Waals surface area contributed by atoms with Crippen molar-refractivity contribution in [3.8, 4) is 11.5 Å². The highest BCUT2D eigenvalue weighted by molar-refractivity contribution is 6.31. The molecule has 0 aromatic heterocycles. The molecule has 0 saturated heterocycles. The smallest absolute Gasteiger partial charge is 0.168 e. The van der Waals surface area contributed by atoms with Gasteiger partial charge < -0.3 is 10.5 Å². The van der Waals surface area contributed by atoms with Crippen molar-refractivity contribution < 1.29 is 13.5 Å². The van der Waals surface area contributed by atoms with Crippen LogP contribution in [0.25, 0.3) is 0 Å². The lowest BCUT2D eigenvalue weighted by Gasteiger charge is -2.11. The van der Waals surface area contributed by atoms with E-state index in [9.17, 15) is 8.78 Å². The van der Waals surface area contributed by atoms with Gasteiger partial charge in [-0.2, -0.15) is 0 Å². The Balaban J connectivity index is 2.37. The highest BCUT2D eigenvalue weighted by atomic mass is 35.5. The van der Waals surface area contributed by atoms with Crippen LogP contribution >= 0.6 is 11.6 Å². The molecule has 2 N–H and O–H groups in total. The fourth-order valence-corrected chi connectivity index (χ4v) is 1.75. The average Bonchev–Trinajstić information content (AvgIpc) is 2.33. The number of ether oxygens (including phenoxy) is 1. The van der Waals surface area contributed by atoms with E-state index in [2.05, 4.69) is 0 Å². The molecule has 0 amide bonds. The second kappa shape index (κ2) is 5.33.